The molecule has 6 nitrogen and oxygen atoms in total. The number of hydrogen-bond acceptors (Lipinski definition) is 5. The summed E-state index contributed by atoms with van der Waals surface area (Å²) in [6.45, 7) is 4.09. The monoisotopic (exact) mass is 381 g/mol. The highest BCUT2D eigenvalue weighted by atomic mass is 16.5. The van der Waals surface area contributed by atoms with E-state index in [1.165, 1.54) is 0 Å². The molecule has 1 N–H and O–H groups in total. The standard InChI is InChI=1S/C22H23NO5/c1-3-26-13-18-17-11-7-8-12-19(17)28-21(18)22(25)27-14-20(24)23-15(2)16-9-5-4-6-10-16/h4-12,15H,3,13-14H2,1-2H3,(H,23,24). The summed E-state index contributed by atoms with van der Waals surface area (Å²) < 4.78 is 16.3. The lowest BCUT2D eigenvalue weighted by Gasteiger charge is -2.14. The maximum Gasteiger partial charge on any atom is 0.375 e. The maximum atomic E-state index is 12.5. The predicted molar refractivity (Wildman–Crippen MR) is 105 cm³/mol. The van der Waals surface area contributed by atoms with Crippen LogP contribution >= 0.6 is 0 Å². The van der Waals surface area contributed by atoms with Gasteiger partial charge in [-0.15, -0.1) is 0 Å². The van der Waals surface area contributed by atoms with Gasteiger partial charge in [0.05, 0.1) is 12.6 Å². The molecule has 0 saturated carbocycles. The zero-order valence-corrected chi connectivity index (χ0v) is 15.9. The van der Waals surface area contributed by atoms with Crippen molar-refractivity contribution in [3.8, 4) is 0 Å². The molecule has 28 heavy (non-hydrogen) atoms. The average molecular weight is 381 g/mol. The van der Waals surface area contributed by atoms with Crippen molar-refractivity contribution in [3.63, 3.8) is 0 Å². The van der Waals surface area contributed by atoms with Crippen LogP contribution in [0.2, 0.25) is 0 Å². The quantitative estimate of drug-likeness (QED) is 0.597. The molecule has 0 aliphatic heterocycles. The highest BCUT2D eigenvalue weighted by molar-refractivity contribution is 5.96. The summed E-state index contributed by atoms with van der Waals surface area (Å²) in [5, 5.41) is 3.60. The number of esters is 1. The van der Waals surface area contributed by atoms with Crippen LogP contribution in [0.5, 0.6) is 0 Å². The first-order chi connectivity index (χ1) is 13.6. The van der Waals surface area contributed by atoms with Crippen LogP contribution in [-0.2, 0) is 20.9 Å². The number of carbonyl (C=O) groups excluding carboxylic acids is 2. The second-order valence-electron chi connectivity index (χ2n) is 6.32. The number of nitrogens with one attached hydrogen (secondary N) is 1. The molecular weight excluding hydrogens is 358 g/mol. The highest BCUT2D eigenvalue weighted by Gasteiger charge is 2.23. The van der Waals surface area contributed by atoms with Crippen LogP contribution < -0.4 is 5.32 Å². The molecule has 6 heteroatoms. The number of amides is 1. The number of benzene rings is 2. The van der Waals surface area contributed by atoms with Crippen LogP contribution in [0.1, 0.15) is 41.6 Å². The molecule has 0 aliphatic carbocycles. The lowest BCUT2D eigenvalue weighted by Crippen LogP contribution is -2.31. The van der Waals surface area contributed by atoms with Crippen molar-refractivity contribution in [2.75, 3.05) is 13.2 Å². The molecule has 1 unspecified atom stereocenters. The smallest absolute Gasteiger partial charge is 0.375 e. The Morgan fingerprint density at radius 1 is 1.07 bits per heavy atom. The van der Waals surface area contributed by atoms with E-state index in [0.29, 0.717) is 17.8 Å². The van der Waals surface area contributed by atoms with Crippen molar-refractivity contribution in [3.05, 3.63) is 71.5 Å². The van der Waals surface area contributed by atoms with Crippen molar-refractivity contribution >= 4 is 22.8 Å². The van der Waals surface area contributed by atoms with E-state index >= 15 is 0 Å². The highest BCUT2D eigenvalue weighted by Crippen LogP contribution is 2.27. The van der Waals surface area contributed by atoms with Gasteiger partial charge in [0, 0.05) is 17.6 Å². The fourth-order valence-electron chi connectivity index (χ4n) is 2.92. The number of fused-ring (bicyclic) bond motifs is 1. The van der Waals surface area contributed by atoms with E-state index < -0.39 is 5.97 Å². The Bertz CT molecular complexity index is 948. The van der Waals surface area contributed by atoms with E-state index in [9.17, 15) is 9.59 Å². The normalized spacial score (nSPS) is 11.9. The molecule has 3 aromatic rings. The molecule has 0 fully saturated rings. The van der Waals surface area contributed by atoms with Crippen LogP contribution in [0, 0.1) is 0 Å². The summed E-state index contributed by atoms with van der Waals surface area (Å²) in [5.74, 6) is -1.00. The molecule has 0 saturated heterocycles. The molecule has 1 amide bonds. The SMILES string of the molecule is CCOCc1c(C(=O)OCC(=O)NC(C)c2ccccc2)oc2ccccc12. The van der Waals surface area contributed by atoms with Gasteiger partial charge in [-0.05, 0) is 25.5 Å². The van der Waals surface area contributed by atoms with Gasteiger partial charge < -0.3 is 19.2 Å². The summed E-state index contributed by atoms with van der Waals surface area (Å²) in [7, 11) is 0. The van der Waals surface area contributed by atoms with Crippen LogP contribution in [0.3, 0.4) is 0 Å². The molecule has 146 valence electrons. The topological polar surface area (TPSA) is 77.8 Å². The zero-order valence-electron chi connectivity index (χ0n) is 15.9. The summed E-state index contributed by atoms with van der Waals surface area (Å²) in [6.07, 6.45) is 0. The fraction of sp³-hybridized carbons (Fsp3) is 0.273. The van der Waals surface area contributed by atoms with E-state index in [2.05, 4.69) is 5.32 Å². The van der Waals surface area contributed by atoms with Crippen LogP contribution in [-0.4, -0.2) is 25.1 Å². The zero-order chi connectivity index (χ0) is 19.9. The molecular formula is C22H23NO5. The first-order valence-electron chi connectivity index (χ1n) is 9.19. The van der Waals surface area contributed by atoms with Crippen molar-refractivity contribution in [1.29, 1.82) is 0 Å². The van der Waals surface area contributed by atoms with Gasteiger partial charge in [-0.3, -0.25) is 4.79 Å². The Morgan fingerprint density at radius 3 is 2.54 bits per heavy atom. The van der Waals surface area contributed by atoms with Crippen LogP contribution in [0.4, 0.5) is 0 Å². The van der Waals surface area contributed by atoms with Crippen LogP contribution in [0.15, 0.2) is 59.0 Å². The minimum absolute atomic E-state index is 0.0681. The molecule has 0 aliphatic rings. The third-order valence-corrected chi connectivity index (χ3v) is 4.35. The third kappa shape index (κ3) is 4.58. The molecule has 1 atom stereocenters. The maximum absolute atomic E-state index is 12.5. The number of carbonyl (C=O) groups is 2. The fourth-order valence-corrected chi connectivity index (χ4v) is 2.92. The molecule has 0 radical (unpaired) electrons. The molecule has 0 bridgehead atoms. The number of hydrogen-bond donors (Lipinski definition) is 1. The summed E-state index contributed by atoms with van der Waals surface area (Å²) in [6, 6.07) is 16.7. The van der Waals surface area contributed by atoms with E-state index in [4.69, 9.17) is 13.9 Å². The van der Waals surface area contributed by atoms with Gasteiger partial charge in [0.1, 0.15) is 5.58 Å². The summed E-state index contributed by atoms with van der Waals surface area (Å²) in [4.78, 5) is 24.7. The van der Waals surface area contributed by atoms with Crippen molar-refractivity contribution < 1.29 is 23.5 Å². The molecule has 1 aromatic heterocycles. The Labute approximate surface area is 163 Å². The summed E-state index contributed by atoms with van der Waals surface area (Å²) >= 11 is 0. The van der Waals surface area contributed by atoms with E-state index in [0.717, 1.165) is 10.9 Å². The van der Waals surface area contributed by atoms with Gasteiger partial charge in [0.25, 0.3) is 5.91 Å². The molecule has 0 spiro atoms. The lowest BCUT2D eigenvalue weighted by atomic mass is 10.1. The molecule has 2 aromatic carbocycles. The summed E-state index contributed by atoms with van der Waals surface area (Å²) in [5.41, 5.74) is 2.17. The van der Waals surface area contributed by atoms with Crippen molar-refractivity contribution in [2.45, 2.75) is 26.5 Å². The lowest BCUT2D eigenvalue weighted by molar-refractivity contribution is -0.124. The largest absolute Gasteiger partial charge is 0.450 e. The van der Waals surface area contributed by atoms with Gasteiger partial charge in [0.2, 0.25) is 5.76 Å². The van der Waals surface area contributed by atoms with Gasteiger partial charge in [-0.2, -0.15) is 0 Å². The molecule has 1 heterocycles. The van der Waals surface area contributed by atoms with E-state index in [-0.39, 0.29) is 30.9 Å². The number of ether oxygens (including phenoxy) is 2. The van der Waals surface area contributed by atoms with E-state index in [1.807, 2.05) is 62.4 Å². The van der Waals surface area contributed by atoms with Crippen molar-refractivity contribution in [2.24, 2.45) is 0 Å². The average Bonchev–Trinajstić information content (AvgIpc) is 3.09. The minimum atomic E-state index is -0.687. The molecule has 3 rings (SSSR count). The van der Waals surface area contributed by atoms with Gasteiger partial charge >= 0.3 is 5.97 Å². The second-order valence-corrected chi connectivity index (χ2v) is 6.32. The van der Waals surface area contributed by atoms with Crippen LogP contribution in [0.25, 0.3) is 11.0 Å². The number of para-hydroxylation sites is 1. The number of rotatable bonds is 8. The Kier molecular flexibility index (Phi) is 6.45. The Balaban J connectivity index is 1.65. The predicted octanol–water partition coefficient (Wildman–Crippen LogP) is 4.00. The Morgan fingerprint density at radius 2 is 1.79 bits per heavy atom. The third-order valence-electron chi connectivity index (χ3n) is 4.35. The number of furan rings is 1. The Hall–Kier alpha value is -3.12. The minimum Gasteiger partial charge on any atom is -0.450 e. The van der Waals surface area contributed by atoms with Gasteiger partial charge in [-0.1, -0.05) is 48.5 Å². The second kappa shape index (κ2) is 9.19. The van der Waals surface area contributed by atoms with Crippen molar-refractivity contribution in [1.82, 2.24) is 5.32 Å². The van der Waals surface area contributed by atoms with Gasteiger partial charge in [0.15, 0.2) is 6.61 Å². The van der Waals surface area contributed by atoms with Gasteiger partial charge in [-0.25, -0.2) is 4.79 Å². The van der Waals surface area contributed by atoms with E-state index in [1.54, 1.807) is 6.07 Å². The first kappa shape index (κ1) is 19.6. The first-order valence-corrected chi connectivity index (χ1v) is 9.19.